The van der Waals surface area contributed by atoms with E-state index in [-0.39, 0.29) is 25.7 Å². The topological polar surface area (TPSA) is 237 Å². The molecule has 0 aromatic carbocycles. The van der Waals surface area contributed by atoms with E-state index in [1.54, 1.807) is 0 Å². The number of carbonyl (C=O) groups excluding carboxylic acids is 4. The number of hydrogen-bond acceptors (Lipinski definition) is 15. The van der Waals surface area contributed by atoms with Gasteiger partial charge in [0.05, 0.1) is 26.4 Å². The van der Waals surface area contributed by atoms with E-state index >= 15 is 0 Å². The zero-order valence-electron chi connectivity index (χ0n) is 73.3. The first kappa shape index (κ1) is 109. The van der Waals surface area contributed by atoms with Crippen LogP contribution in [0, 0.1) is 11.8 Å². The highest BCUT2D eigenvalue weighted by Gasteiger charge is 2.31. The van der Waals surface area contributed by atoms with Gasteiger partial charge in [0.25, 0.3) is 0 Å². The van der Waals surface area contributed by atoms with Gasteiger partial charge in [-0.05, 0) is 37.5 Å². The summed E-state index contributed by atoms with van der Waals surface area (Å²) in [5, 5.41) is 10.7. The van der Waals surface area contributed by atoms with Crippen molar-refractivity contribution in [3.8, 4) is 0 Å². The largest absolute Gasteiger partial charge is 0.472 e. The number of unbranched alkanes of at least 4 members (excludes halogenated alkanes) is 60. The molecule has 0 saturated carbocycles. The van der Waals surface area contributed by atoms with Gasteiger partial charge < -0.3 is 33.8 Å². The molecule has 111 heavy (non-hydrogen) atoms. The standard InChI is InChI=1S/C92H180O17P2/c1-7-10-12-14-16-18-20-22-24-26-28-30-32-34-36-38-43-47-51-55-62-68-74-89(94)102-80-87(108-91(96)76-70-64-56-52-48-44-39-37-35-33-31-29-27-25-23-21-19-17-15-13-11-8-2)82-106-110(98,99)104-78-86(93)79-105-111(100,101)107-83-88(81-103-90(95)75-69-63-59-58-60-66-72-84(4)5)109-92(97)77-71-65-57-53-49-45-41-40-42-46-50-54-61-67-73-85(6)9-3/h84-88,93H,7-83H2,1-6H3,(H,98,99)(H,100,101)/t85?,86-,87-,88-/m1/s1. The molecule has 0 radical (unpaired) electrons. The molecule has 3 unspecified atom stereocenters. The van der Waals surface area contributed by atoms with Crippen molar-refractivity contribution in [1.82, 2.24) is 0 Å². The van der Waals surface area contributed by atoms with Crippen molar-refractivity contribution >= 4 is 39.5 Å². The molecule has 0 aliphatic heterocycles. The highest BCUT2D eigenvalue weighted by atomic mass is 31.2. The van der Waals surface area contributed by atoms with E-state index in [2.05, 4.69) is 41.5 Å². The monoisotopic (exact) mass is 1620 g/mol. The van der Waals surface area contributed by atoms with Crippen molar-refractivity contribution in [2.75, 3.05) is 39.6 Å². The van der Waals surface area contributed by atoms with Crippen LogP contribution in [0.4, 0.5) is 0 Å². The highest BCUT2D eigenvalue weighted by Crippen LogP contribution is 2.45. The smallest absolute Gasteiger partial charge is 0.462 e. The van der Waals surface area contributed by atoms with Crippen LogP contribution in [0.3, 0.4) is 0 Å². The first-order valence-corrected chi connectivity index (χ1v) is 50.5. The molecular weight excluding hydrogens is 1440 g/mol. The van der Waals surface area contributed by atoms with Gasteiger partial charge in [-0.1, -0.05) is 446 Å². The predicted octanol–water partition coefficient (Wildman–Crippen LogP) is 28.6. The molecule has 3 N–H and O–H groups in total. The van der Waals surface area contributed by atoms with Crippen LogP contribution in [0.1, 0.15) is 497 Å². The Morgan fingerprint density at radius 2 is 0.459 bits per heavy atom. The van der Waals surface area contributed by atoms with Gasteiger partial charge >= 0.3 is 39.5 Å². The number of carbonyl (C=O) groups is 4. The second-order valence-electron chi connectivity index (χ2n) is 33.8. The molecule has 0 rings (SSSR count). The van der Waals surface area contributed by atoms with Gasteiger partial charge in [-0.3, -0.25) is 37.3 Å². The third-order valence-electron chi connectivity index (χ3n) is 22.1. The number of phosphoric acid groups is 2. The molecule has 17 nitrogen and oxygen atoms in total. The maximum atomic E-state index is 13.2. The first-order chi connectivity index (χ1) is 53.9. The zero-order valence-corrected chi connectivity index (χ0v) is 75.1. The summed E-state index contributed by atoms with van der Waals surface area (Å²) in [6.45, 7) is 9.67. The van der Waals surface area contributed by atoms with Gasteiger partial charge in [-0.2, -0.15) is 0 Å². The lowest BCUT2D eigenvalue weighted by molar-refractivity contribution is -0.161. The molecule has 6 atom stereocenters. The second-order valence-corrected chi connectivity index (χ2v) is 36.7. The Hall–Kier alpha value is -1.94. The normalized spacial score (nSPS) is 14.0. The Balaban J connectivity index is 5.19. The number of rotatable bonds is 91. The lowest BCUT2D eigenvalue weighted by Crippen LogP contribution is -2.30. The molecule has 0 heterocycles. The van der Waals surface area contributed by atoms with E-state index in [0.29, 0.717) is 31.6 Å². The fourth-order valence-corrected chi connectivity index (χ4v) is 16.0. The summed E-state index contributed by atoms with van der Waals surface area (Å²) >= 11 is 0. The Bertz CT molecular complexity index is 2120. The van der Waals surface area contributed by atoms with Crippen molar-refractivity contribution in [2.45, 2.75) is 516 Å². The van der Waals surface area contributed by atoms with Gasteiger partial charge in [0.2, 0.25) is 0 Å². The van der Waals surface area contributed by atoms with E-state index < -0.39 is 97.5 Å². The Morgan fingerprint density at radius 1 is 0.261 bits per heavy atom. The summed E-state index contributed by atoms with van der Waals surface area (Å²) < 4.78 is 69.0. The number of aliphatic hydroxyl groups excluding tert-OH is 1. The Labute approximate surface area is 683 Å². The van der Waals surface area contributed by atoms with Crippen molar-refractivity contribution in [1.29, 1.82) is 0 Å². The molecule has 660 valence electrons. The summed E-state index contributed by atoms with van der Waals surface area (Å²) in [6, 6.07) is 0. The van der Waals surface area contributed by atoms with Gasteiger partial charge in [0.15, 0.2) is 12.2 Å². The lowest BCUT2D eigenvalue weighted by atomic mass is 9.99. The van der Waals surface area contributed by atoms with Crippen LogP contribution in [-0.2, 0) is 65.4 Å². The first-order valence-electron chi connectivity index (χ1n) is 47.5. The number of ether oxygens (including phenoxy) is 4. The van der Waals surface area contributed by atoms with Crippen molar-refractivity contribution in [3.63, 3.8) is 0 Å². The van der Waals surface area contributed by atoms with E-state index in [4.69, 9.17) is 37.0 Å². The zero-order chi connectivity index (χ0) is 81.3. The molecule has 0 saturated heterocycles. The van der Waals surface area contributed by atoms with Crippen LogP contribution in [0.25, 0.3) is 0 Å². The molecule has 19 heteroatoms. The maximum Gasteiger partial charge on any atom is 0.472 e. The van der Waals surface area contributed by atoms with E-state index in [0.717, 1.165) is 102 Å². The van der Waals surface area contributed by atoms with Gasteiger partial charge in [0.1, 0.15) is 19.3 Å². The van der Waals surface area contributed by atoms with E-state index in [9.17, 15) is 43.2 Å². The molecule has 0 amide bonds. The molecule has 0 aromatic heterocycles. The number of phosphoric ester groups is 2. The SMILES string of the molecule is CCCCCCCCCCCCCCCCCCCCCCCCC(=O)OC[C@H](COP(=O)(O)OC[C@@H](O)COP(=O)(O)OC[C@@H](COC(=O)CCCCCCCCC(C)C)OC(=O)CCCCCCCCCCCCCCCCC(C)CC)OC(=O)CCCCCCCCCCCCCCCCCCCCCCCC. The highest BCUT2D eigenvalue weighted by molar-refractivity contribution is 7.47. The Kier molecular flexibility index (Phi) is 81.7. The molecule has 0 spiro atoms. The fourth-order valence-electron chi connectivity index (χ4n) is 14.4. The molecule has 0 aromatic rings. The predicted molar refractivity (Wildman–Crippen MR) is 460 cm³/mol. The van der Waals surface area contributed by atoms with Crippen molar-refractivity contribution in [3.05, 3.63) is 0 Å². The van der Waals surface area contributed by atoms with Crippen LogP contribution in [0.15, 0.2) is 0 Å². The summed E-state index contributed by atoms with van der Waals surface area (Å²) in [7, 11) is -9.93. The van der Waals surface area contributed by atoms with Crippen LogP contribution in [0.2, 0.25) is 0 Å². The summed E-state index contributed by atoms with van der Waals surface area (Å²) in [5.41, 5.74) is 0. The van der Waals surface area contributed by atoms with Crippen LogP contribution in [0.5, 0.6) is 0 Å². The Morgan fingerprint density at radius 3 is 0.685 bits per heavy atom. The third kappa shape index (κ3) is 84.3. The van der Waals surface area contributed by atoms with Gasteiger partial charge in [-0.25, -0.2) is 9.13 Å². The average molecular weight is 1620 g/mol. The van der Waals surface area contributed by atoms with Crippen molar-refractivity contribution in [2.24, 2.45) is 11.8 Å². The van der Waals surface area contributed by atoms with Gasteiger partial charge in [0, 0.05) is 25.7 Å². The number of esters is 4. The fraction of sp³-hybridized carbons (Fsp3) is 0.957. The molecular formula is C92H180O17P2. The minimum atomic E-state index is -4.97. The molecule has 0 bridgehead atoms. The van der Waals surface area contributed by atoms with Gasteiger partial charge in [-0.15, -0.1) is 0 Å². The average Bonchev–Trinajstić information content (AvgIpc) is 0.902. The third-order valence-corrected chi connectivity index (χ3v) is 24.0. The molecule has 0 fully saturated rings. The minimum Gasteiger partial charge on any atom is -0.462 e. The van der Waals surface area contributed by atoms with Crippen LogP contribution in [-0.4, -0.2) is 96.7 Å². The van der Waals surface area contributed by atoms with E-state index in [1.807, 2.05) is 0 Å². The molecule has 0 aliphatic carbocycles. The minimum absolute atomic E-state index is 0.107. The number of hydrogen-bond donors (Lipinski definition) is 3. The summed E-state index contributed by atoms with van der Waals surface area (Å²) in [4.78, 5) is 73.4. The van der Waals surface area contributed by atoms with Crippen LogP contribution < -0.4 is 0 Å². The maximum absolute atomic E-state index is 13.2. The van der Waals surface area contributed by atoms with Crippen LogP contribution >= 0.6 is 15.6 Å². The number of aliphatic hydroxyl groups is 1. The second kappa shape index (κ2) is 83.1. The summed E-state index contributed by atoms with van der Waals surface area (Å²) in [5.74, 6) is -0.575. The lowest BCUT2D eigenvalue weighted by Gasteiger charge is -2.21. The van der Waals surface area contributed by atoms with E-state index in [1.165, 1.54) is 308 Å². The van der Waals surface area contributed by atoms with Crippen molar-refractivity contribution < 1.29 is 80.2 Å². The quantitative estimate of drug-likeness (QED) is 0.0222. The summed E-state index contributed by atoms with van der Waals surface area (Å²) in [6.07, 6.45) is 78.2. The molecule has 0 aliphatic rings.